The number of nitrogens with zero attached hydrogens (tertiary/aromatic N) is 2. The number of halogens is 4. The normalized spacial score (nSPS) is 11.5. The molecule has 0 saturated heterocycles. The van der Waals surface area contributed by atoms with E-state index >= 15 is 0 Å². The molecular formula is C19H17F4N3O2. The Labute approximate surface area is 158 Å². The molecule has 0 bridgehead atoms. The lowest BCUT2D eigenvalue weighted by molar-refractivity contribution is -0.140. The van der Waals surface area contributed by atoms with Gasteiger partial charge in [0.15, 0.2) is 11.5 Å². The van der Waals surface area contributed by atoms with Crippen LogP contribution in [0.15, 0.2) is 30.3 Å². The van der Waals surface area contributed by atoms with Gasteiger partial charge in [0.2, 0.25) is 0 Å². The topological polar surface area (TPSA) is 56.3 Å². The summed E-state index contributed by atoms with van der Waals surface area (Å²) in [4.78, 5) is 8.61. The molecule has 1 aromatic heterocycles. The van der Waals surface area contributed by atoms with Gasteiger partial charge in [-0.15, -0.1) is 0 Å². The van der Waals surface area contributed by atoms with Crippen LogP contribution in [0.1, 0.15) is 17.0 Å². The lowest BCUT2D eigenvalue weighted by Gasteiger charge is -2.14. The molecule has 0 unspecified atom stereocenters. The first-order valence-corrected chi connectivity index (χ1v) is 8.23. The Bertz CT molecular complexity index is 1020. The van der Waals surface area contributed by atoms with Crippen molar-refractivity contribution in [2.75, 3.05) is 19.5 Å². The summed E-state index contributed by atoms with van der Waals surface area (Å²) in [6.45, 7) is 1.49. The molecule has 0 aliphatic carbocycles. The molecule has 0 radical (unpaired) electrons. The summed E-state index contributed by atoms with van der Waals surface area (Å²) in [6, 6.07) is 6.48. The standard InChI is InChI=1S/C19H17F4N3O2/c1-10-25-14-8-16(28-3)15(27-2)7-12(14)18(26-10)24-9-11-5-4-6-13(17(11)20)19(21,22)23/h4-8H,9H2,1-3H3,(H,24,25,26). The van der Waals surface area contributed by atoms with Crippen LogP contribution in [0, 0.1) is 12.7 Å². The number of hydrogen-bond acceptors (Lipinski definition) is 5. The highest BCUT2D eigenvalue weighted by Gasteiger charge is 2.34. The second kappa shape index (κ2) is 7.49. The smallest absolute Gasteiger partial charge is 0.419 e. The molecule has 3 rings (SSSR count). The third-order valence-corrected chi connectivity index (χ3v) is 4.14. The first-order valence-electron chi connectivity index (χ1n) is 8.23. The molecule has 0 aliphatic rings. The summed E-state index contributed by atoms with van der Waals surface area (Å²) in [5, 5.41) is 3.46. The van der Waals surface area contributed by atoms with Crippen LogP contribution >= 0.6 is 0 Å². The molecule has 0 amide bonds. The molecule has 0 fully saturated rings. The number of anilines is 1. The molecule has 28 heavy (non-hydrogen) atoms. The minimum atomic E-state index is -4.76. The van der Waals surface area contributed by atoms with Crippen molar-refractivity contribution in [1.29, 1.82) is 0 Å². The average Bonchev–Trinajstić information content (AvgIpc) is 2.64. The number of methoxy groups -OCH3 is 2. The van der Waals surface area contributed by atoms with Crippen LogP contribution < -0.4 is 14.8 Å². The van der Waals surface area contributed by atoms with Gasteiger partial charge in [-0.3, -0.25) is 0 Å². The molecule has 0 saturated carbocycles. The predicted octanol–water partition coefficient (Wildman–Crippen LogP) is 4.73. The Hall–Kier alpha value is -3.10. The van der Waals surface area contributed by atoms with E-state index in [9.17, 15) is 17.6 Å². The molecular weight excluding hydrogens is 378 g/mol. The van der Waals surface area contributed by atoms with E-state index in [1.165, 1.54) is 26.4 Å². The van der Waals surface area contributed by atoms with Gasteiger partial charge in [-0.25, -0.2) is 14.4 Å². The molecule has 3 aromatic rings. The maximum Gasteiger partial charge on any atom is 0.419 e. The zero-order valence-corrected chi connectivity index (χ0v) is 15.3. The van der Waals surface area contributed by atoms with Crippen molar-refractivity contribution in [3.05, 3.63) is 53.1 Å². The minimum absolute atomic E-state index is 0.125. The Morgan fingerprint density at radius 2 is 1.71 bits per heavy atom. The average molecular weight is 395 g/mol. The molecule has 1 heterocycles. The van der Waals surface area contributed by atoms with Crippen molar-refractivity contribution in [1.82, 2.24) is 9.97 Å². The summed E-state index contributed by atoms with van der Waals surface area (Å²) in [6.07, 6.45) is -4.76. The van der Waals surface area contributed by atoms with Crippen molar-refractivity contribution in [3.63, 3.8) is 0 Å². The number of ether oxygens (including phenoxy) is 2. The van der Waals surface area contributed by atoms with Crippen LogP contribution in [0.3, 0.4) is 0 Å². The number of hydrogen-bond donors (Lipinski definition) is 1. The number of alkyl halides is 3. The van der Waals surface area contributed by atoms with Crippen LogP contribution in [-0.2, 0) is 12.7 Å². The van der Waals surface area contributed by atoms with Gasteiger partial charge in [0.25, 0.3) is 0 Å². The van der Waals surface area contributed by atoms with Gasteiger partial charge in [-0.2, -0.15) is 13.2 Å². The van der Waals surface area contributed by atoms with E-state index in [2.05, 4.69) is 15.3 Å². The molecule has 0 aliphatic heterocycles. The van der Waals surface area contributed by atoms with Crippen LogP contribution in [0.5, 0.6) is 11.5 Å². The van der Waals surface area contributed by atoms with Gasteiger partial charge in [0.1, 0.15) is 17.5 Å². The van der Waals surface area contributed by atoms with Crippen LogP contribution in [-0.4, -0.2) is 24.2 Å². The van der Waals surface area contributed by atoms with Crippen molar-refractivity contribution < 1.29 is 27.0 Å². The number of aryl methyl sites for hydroxylation is 1. The molecule has 0 spiro atoms. The molecule has 0 atom stereocenters. The second-order valence-electron chi connectivity index (χ2n) is 5.97. The highest BCUT2D eigenvalue weighted by atomic mass is 19.4. The summed E-state index contributed by atoms with van der Waals surface area (Å²) in [5.74, 6) is 0.391. The number of rotatable bonds is 5. The second-order valence-corrected chi connectivity index (χ2v) is 5.97. The summed E-state index contributed by atoms with van der Waals surface area (Å²) >= 11 is 0. The molecule has 9 heteroatoms. The van der Waals surface area contributed by atoms with Crippen molar-refractivity contribution in [2.24, 2.45) is 0 Å². The first kappa shape index (κ1) is 19.7. The van der Waals surface area contributed by atoms with Gasteiger partial charge < -0.3 is 14.8 Å². The quantitative estimate of drug-likeness (QED) is 0.634. The Balaban J connectivity index is 1.99. The molecule has 148 valence electrons. The predicted molar refractivity (Wildman–Crippen MR) is 96.1 cm³/mol. The fourth-order valence-electron chi connectivity index (χ4n) is 2.82. The minimum Gasteiger partial charge on any atom is -0.493 e. The number of aromatic nitrogens is 2. The summed E-state index contributed by atoms with van der Waals surface area (Å²) < 4.78 is 63.5. The summed E-state index contributed by atoms with van der Waals surface area (Å²) in [7, 11) is 2.97. The lowest BCUT2D eigenvalue weighted by atomic mass is 10.1. The maximum absolute atomic E-state index is 14.3. The highest BCUT2D eigenvalue weighted by Crippen LogP contribution is 2.35. The van der Waals surface area contributed by atoms with E-state index in [0.717, 1.165) is 0 Å². The first-order chi connectivity index (χ1) is 13.2. The van der Waals surface area contributed by atoms with Gasteiger partial charge in [-0.05, 0) is 19.1 Å². The van der Waals surface area contributed by atoms with E-state index in [4.69, 9.17) is 9.47 Å². The molecule has 1 N–H and O–H groups in total. The third-order valence-electron chi connectivity index (χ3n) is 4.14. The van der Waals surface area contributed by atoms with Crippen molar-refractivity contribution in [2.45, 2.75) is 19.6 Å². The maximum atomic E-state index is 14.3. The summed E-state index contributed by atoms with van der Waals surface area (Å²) in [5.41, 5.74) is -0.876. The van der Waals surface area contributed by atoms with Gasteiger partial charge in [0.05, 0.1) is 25.3 Å². The Morgan fingerprint density at radius 3 is 2.36 bits per heavy atom. The van der Waals surface area contributed by atoms with Gasteiger partial charge in [-0.1, -0.05) is 12.1 Å². The van der Waals surface area contributed by atoms with Crippen LogP contribution in [0.2, 0.25) is 0 Å². The Morgan fingerprint density at radius 1 is 1.04 bits per heavy atom. The monoisotopic (exact) mass is 395 g/mol. The highest BCUT2D eigenvalue weighted by molar-refractivity contribution is 5.91. The largest absolute Gasteiger partial charge is 0.493 e. The van der Waals surface area contributed by atoms with E-state index < -0.39 is 17.6 Å². The lowest BCUT2D eigenvalue weighted by Crippen LogP contribution is -2.12. The number of nitrogens with one attached hydrogen (secondary N) is 1. The Kier molecular flexibility index (Phi) is 5.26. The van der Waals surface area contributed by atoms with Crippen LogP contribution in [0.4, 0.5) is 23.4 Å². The third kappa shape index (κ3) is 3.78. The SMILES string of the molecule is COc1cc2nc(C)nc(NCc3cccc(C(F)(F)F)c3F)c2cc1OC. The van der Waals surface area contributed by atoms with Crippen molar-refractivity contribution in [3.8, 4) is 11.5 Å². The van der Waals surface area contributed by atoms with E-state index in [1.807, 2.05) is 0 Å². The van der Waals surface area contributed by atoms with Gasteiger partial charge >= 0.3 is 6.18 Å². The zero-order valence-electron chi connectivity index (χ0n) is 15.3. The molecule has 5 nitrogen and oxygen atoms in total. The number of fused-ring (bicyclic) bond motifs is 1. The number of benzene rings is 2. The van der Waals surface area contributed by atoms with E-state index in [-0.39, 0.29) is 12.1 Å². The van der Waals surface area contributed by atoms with Crippen molar-refractivity contribution >= 4 is 16.7 Å². The zero-order chi connectivity index (χ0) is 20.5. The van der Waals surface area contributed by atoms with Gasteiger partial charge in [0, 0.05) is 23.6 Å². The fraction of sp³-hybridized carbons (Fsp3) is 0.263. The fourth-order valence-corrected chi connectivity index (χ4v) is 2.82. The van der Waals surface area contributed by atoms with E-state index in [0.29, 0.717) is 40.1 Å². The van der Waals surface area contributed by atoms with Crippen LogP contribution in [0.25, 0.3) is 10.9 Å². The van der Waals surface area contributed by atoms with E-state index in [1.54, 1.807) is 19.1 Å². The molecule has 2 aromatic carbocycles.